The lowest BCUT2D eigenvalue weighted by atomic mass is 9.99. The van der Waals surface area contributed by atoms with Crippen LogP contribution in [0.5, 0.6) is 0 Å². The van der Waals surface area contributed by atoms with E-state index in [1.165, 1.54) is 0 Å². The Balaban J connectivity index is 2.96. The van der Waals surface area contributed by atoms with E-state index in [0.29, 0.717) is 0 Å². The predicted molar refractivity (Wildman–Crippen MR) is 64.2 cm³/mol. The van der Waals surface area contributed by atoms with Crippen LogP contribution in [-0.2, 0) is 9.47 Å². The van der Waals surface area contributed by atoms with Gasteiger partial charge in [0.05, 0.1) is 19.2 Å². The summed E-state index contributed by atoms with van der Waals surface area (Å²) < 4.78 is 49.0. The maximum absolute atomic E-state index is 13.1. The molecule has 2 atom stereocenters. The third kappa shape index (κ3) is 3.35. The number of hydrogen-bond acceptors (Lipinski definition) is 4. The summed E-state index contributed by atoms with van der Waals surface area (Å²) in [5.74, 6) is 0. The Labute approximate surface area is 115 Å². The Morgan fingerprint density at radius 3 is 2.30 bits per heavy atom. The van der Waals surface area contributed by atoms with Crippen LogP contribution in [0.4, 0.5) is 18.0 Å². The van der Waals surface area contributed by atoms with Crippen molar-refractivity contribution in [3.8, 4) is 0 Å². The van der Waals surface area contributed by atoms with Gasteiger partial charge in [-0.15, -0.1) is 0 Å². The number of ether oxygens (including phenoxy) is 2. The molecular formula is C12H20F3NO4. The molecule has 1 rings (SSSR count). The smallest absolute Gasteiger partial charge is 0.419 e. The van der Waals surface area contributed by atoms with Crippen LogP contribution in [0.25, 0.3) is 0 Å². The second-order valence-corrected chi connectivity index (χ2v) is 5.84. The standard InChI is InChI=1S/C12H20F3NO4/c1-10(2,3)20-9(18)16-7-11(19-4,12(13,14)15)5-8(16)6-17/h8,17H,5-7H2,1-4H3. The van der Waals surface area contributed by atoms with Crippen molar-refractivity contribution in [3.05, 3.63) is 0 Å². The fraction of sp³-hybridized carbons (Fsp3) is 0.917. The molecule has 0 aromatic rings. The fourth-order valence-corrected chi connectivity index (χ4v) is 2.13. The minimum Gasteiger partial charge on any atom is -0.444 e. The molecule has 1 N–H and O–H groups in total. The molecule has 1 saturated heterocycles. The number of methoxy groups -OCH3 is 1. The molecule has 0 saturated carbocycles. The van der Waals surface area contributed by atoms with E-state index in [2.05, 4.69) is 4.74 Å². The number of carbonyl (C=O) groups is 1. The van der Waals surface area contributed by atoms with E-state index in [9.17, 15) is 23.1 Å². The van der Waals surface area contributed by atoms with Crippen molar-refractivity contribution in [1.82, 2.24) is 4.90 Å². The van der Waals surface area contributed by atoms with Gasteiger partial charge < -0.3 is 14.6 Å². The van der Waals surface area contributed by atoms with E-state index in [1.807, 2.05) is 0 Å². The van der Waals surface area contributed by atoms with E-state index in [0.717, 1.165) is 12.0 Å². The van der Waals surface area contributed by atoms with E-state index in [4.69, 9.17) is 4.74 Å². The van der Waals surface area contributed by atoms with Crippen LogP contribution in [-0.4, -0.2) is 59.8 Å². The highest BCUT2D eigenvalue weighted by atomic mass is 19.4. The first kappa shape index (κ1) is 17.0. The Kier molecular flexibility index (Phi) is 4.60. The average Bonchev–Trinajstić information content (AvgIpc) is 2.66. The molecule has 0 aliphatic carbocycles. The number of likely N-dealkylation sites (tertiary alicyclic amines) is 1. The second-order valence-electron chi connectivity index (χ2n) is 5.84. The zero-order valence-electron chi connectivity index (χ0n) is 12.0. The number of aliphatic hydroxyl groups excluding tert-OH is 1. The van der Waals surface area contributed by atoms with Crippen LogP contribution < -0.4 is 0 Å². The molecule has 0 radical (unpaired) electrons. The van der Waals surface area contributed by atoms with Gasteiger partial charge in [-0.3, -0.25) is 4.90 Å². The molecule has 5 nitrogen and oxygen atoms in total. The van der Waals surface area contributed by atoms with E-state index >= 15 is 0 Å². The molecule has 1 aliphatic heterocycles. The van der Waals surface area contributed by atoms with E-state index < -0.39 is 49.1 Å². The van der Waals surface area contributed by atoms with Crippen molar-refractivity contribution < 1.29 is 32.5 Å². The molecule has 1 aliphatic rings. The van der Waals surface area contributed by atoms with Crippen molar-refractivity contribution in [1.29, 1.82) is 0 Å². The van der Waals surface area contributed by atoms with Gasteiger partial charge in [0.2, 0.25) is 0 Å². The lowest BCUT2D eigenvalue weighted by Gasteiger charge is -2.30. The fourth-order valence-electron chi connectivity index (χ4n) is 2.13. The summed E-state index contributed by atoms with van der Waals surface area (Å²) >= 11 is 0. The van der Waals surface area contributed by atoms with Gasteiger partial charge >= 0.3 is 12.3 Å². The molecule has 20 heavy (non-hydrogen) atoms. The van der Waals surface area contributed by atoms with Gasteiger partial charge in [0, 0.05) is 13.5 Å². The highest BCUT2D eigenvalue weighted by Crippen LogP contribution is 2.43. The monoisotopic (exact) mass is 299 g/mol. The molecular weight excluding hydrogens is 279 g/mol. The van der Waals surface area contributed by atoms with Gasteiger partial charge in [-0.1, -0.05) is 0 Å². The van der Waals surface area contributed by atoms with Crippen LogP contribution in [0.3, 0.4) is 0 Å². The molecule has 1 amide bonds. The SMILES string of the molecule is COC1(C(F)(F)F)CC(CO)N(C(=O)OC(C)(C)C)C1. The van der Waals surface area contributed by atoms with Gasteiger partial charge in [0.25, 0.3) is 0 Å². The maximum Gasteiger partial charge on any atom is 0.419 e. The number of halogens is 3. The van der Waals surface area contributed by atoms with Crippen molar-refractivity contribution in [2.45, 2.75) is 50.6 Å². The summed E-state index contributed by atoms with van der Waals surface area (Å²) in [4.78, 5) is 12.8. The average molecular weight is 299 g/mol. The third-order valence-corrected chi connectivity index (χ3v) is 3.18. The molecule has 2 unspecified atom stereocenters. The summed E-state index contributed by atoms with van der Waals surface area (Å²) in [7, 11) is 0.945. The maximum atomic E-state index is 13.1. The number of aliphatic hydroxyl groups is 1. The minimum absolute atomic E-state index is 0.511. The third-order valence-electron chi connectivity index (χ3n) is 3.18. The summed E-state index contributed by atoms with van der Waals surface area (Å²) in [6.07, 6.45) is -6.03. The Hall–Kier alpha value is -1.02. The van der Waals surface area contributed by atoms with Gasteiger partial charge in [-0.05, 0) is 20.8 Å². The first-order valence-corrected chi connectivity index (χ1v) is 6.18. The molecule has 1 heterocycles. The lowest BCUT2D eigenvalue weighted by Crippen LogP contribution is -2.50. The van der Waals surface area contributed by atoms with Crippen LogP contribution in [0.2, 0.25) is 0 Å². The summed E-state index contributed by atoms with van der Waals surface area (Å²) in [5, 5.41) is 9.20. The van der Waals surface area contributed by atoms with Crippen molar-refractivity contribution in [2.75, 3.05) is 20.3 Å². The summed E-state index contributed by atoms with van der Waals surface area (Å²) in [6, 6.07) is -0.980. The molecule has 118 valence electrons. The topological polar surface area (TPSA) is 59.0 Å². The largest absolute Gasteiger partial charge is 0.444 e. The molecule has 0 bridgehead atoms. The molecule has 0 spiro atoms. The van der Waals surface area contributed by atoms with Crippen molar-refractivity contribution >= 4 is 6.09 Å². The Morgan fingerprint density at radius 2 is 1.95 bits per heavy atom. The van der Waals surface area contributed by atoms with Gasteiger partial charge in [-0.25, -0.2) is 4.79 Å². The van der Waals surface area contributed by atoms with Gasteiger partial charge in [-0.2, -0.15) is 13.2 Å². The van der Waals surface area contributed by atoms with Crippen LogP contribution in [0, 0.1) is 0 Å². The van der Waals surface area contributed by atoms with Gasteiger partial charge in [0.1, 0.15) is 5.60 Å². The predicted octanol–water partition coefficient (Wildman–Crippen LogP) is 1.94. The number of rotatable bonds is 2. The van der Waals surface area contributed by atoms with Crippen LogP contribution in [0.1, 0.15) is 27.2 Å². The Bertz CT molecular complexity index is 367. The molecule has 8 heteroatoms. The lowest BCUT2D eigenvalue weighted by molar-refractivity contribution is -0.263. The van der Waals surface area contributed by atoms with Crippen molar-refractivity contribution in [2.24, 2.45) is 0 Å². The highest BCUT2D eigenvalue weighted by molar-refractivity contribution is 5.69. The van der Waals surface area contributed by atoms with Crippen LogP contribution in [0.15, 0.2) is 0 Å². The number of hydrogen-bond donors (Lipinski definition) is 1. The molecule has 1 fully saturated rings. The van der Waals surface area contributed by atoms with Crippen LogP contribution >= 0.6 is 0 Å². The normalized spacial score (nSPS) is 27.8. The second kappa shape index (κ2) is 5.40. The van der Waals surface area contributed by atoms with Gasteiger partial charge in [0.15, 0.2) is 5.60 Å². The molecule has 0 aromatic heterocycles. The zero-order valence-corrected chi connectivity index (χ0v) is 12.0. The first-order chi connectivity index (χ1) is 8.96. The number of nitrogens with zero attached hydrogens (tertiary/aromatic N) is 1. The quantitative estimate of drug-likeness (QED) is 0.846. The van der Waals surface area contributed by atoms with Crippen molar-refractivity contribution in [3.63, 3.8) is 0 Å². The highest BCUT2D eigenvalue weighted by Gasteiger charge is 2.62. The van der Waals surface area contributed by atoms with E-state index in [-0.39, 0.29) is 0 Å². The zero-order chi connectivity index (χ0) is 15.8. The first-order valence-electron chi connectivity index (χ1n) is 6.18. The molecule has 0 aromatic carbocycles. The number of alkyl halides is 3. The Morgan fingerprint density at radius 1 is 1.40 bits per heavy atom. The minimum atomic E-state index is -4.63. The summed E-state index contributed by atoms with van der Waals surface area (Å²) in [5.41, 5.74) is -3.29. The van der Waals surface area contributed by atoms with E-state index in [1.54, 1.807) is 20.8 Å². The summed E-state index contributed by atoms with van der Waals surface area (Å²) in [6.45, 7) is 3.57. The number of amides is 1. The number of carbonyl (C=O) groups excluding carboxylic acids is 1.